The average molecular weight is 255 g/mol. The van der Waals surface area contributed by atoms with Crippen LogP contribution in [-0.2, 0) is 0 Å². The number of hydrogen-bond donors (Lipinski definition) is 2. The Labute approximate surface area is 109 Å². The van der Waals surface area contributed by atoms with E-state index in [-0.39, 0.29) is 0 Å². The van der Waals surface area contributed by atoms with E-state index in [1.54, 1.807) is 24.4 Å². The third-order valence-electron chi connectivity index (χ3n) is 2.68. The molecular formula is C13H13N5O. The van der Waals surface area contributed by atoms with Crippen LogP contribution in [0.25, 0.3) is 22.7 Å². The quantitative estimate of drug-likeness (QED) is 0.747. The van der Waals surface area contributed by atoms with Crippen molar-refractivity contribution in [2.24, 2.45) is 0 Å². The highest BCUT2D eigenvalue weighted by atomic mass is 16.5. The van der Waals surface area contributed by atoms with Gasteiger partial charge >= 0.3 is 0 Å². The zero-order valence-corrected chi connectivity index (χ0v) is 10.4. The van der Waals surface area contributed by atoms with E-state index in [2.05, 4.69) is 19.9 Å². The number of ether oxygens (including phenoxy) is 1. The summed E-state index contributed by atoms with van der Waals surface area (Å²) in [6, 6.07) is 7.25. The number of imidazole rings is 1. The van der Waals surface area contributed by atoms with E-state index in [0.29, 0.717) is 35.3 Å². The molecule has 0 aromatic carbocycles. The summed E-state index contributed by atoms with van der Waals surface area (Å²) in [6.45, 7) is 2.49. The molecule has 0 aliphatic rings. The average Bonchev–Trinajstić information content (AvgIpc) is 2.82. The standard InChI is InChI=1S/C13H13N5O/c1-2-19-10-6-5-9-12(17-10)18-13(16-9)11-8(14)4-3-7-15-11/h3-7H,2,14H2,1H3,(H,16,17,18). The Morgan fingerprint density at radius 1 is 1.26 bits per heavy atom. The number of pyridine rings is 2. The molecule has 3 N–H and O–H groups in total. The fourth-order valence-corrected chi connectivity index (χ4v) is 1.83. The second kappa shape index (κ2) is 4.56. The van der Waals surface area contributed by atoms with Crippen LogP contribution >= 0.6 is 0 Å². The minimum absolute atomic E-state index is 0.557. The van der Waals surface area contributed by atoms with Crippen LogP contribution < -0.4 is 10.5 Å². The summed E-state index contributed by atoms with van der Waals surface area (Å²) in [5, 5.41) is 0. The molecule has 0 saturated heterocycles. The predicted molar refractivity (Wildman–Crippen MR) is 72.7 cm³/mol. The van der Waals surface area contributed by atoms with Crippen molar-refractivity contribution in [2.75, 3.05) is 12.3 Å². The lowest BCUT2D eigenvalue weighted by molar-refractivity contribution is 0.328. The summed E-state index contributed by atoms with van der Waals surface area (Å²) >= 11 is 0. The predicted octanol–water partition coefficient (Wildman–Crippen LogP) is 2.00. The largest absolute Gasteiger partial charge is 0.478 e. The van der Waals surface area contributed by atoms with Crippen molar-refractivity contribution in [3.8, 4) is 17.4 Å². The molecule has 0 unspecified atom stereocenters. The molecule has 3 aromatic heterocycles. The first-order valence-corrected chi connectivity index (χ1v) is 5.98. The van der Waals surface area contributed by atoms with Gasteiger partial charge in [-0.2, -0.15) is 4.98 Å². The van der Waals surface area contributed by atoms with Gasteiger partial charge in [-0.1, -0.05) is 0 Å². The first-order valence-electron chi connectivity index (χ1n) is 5.98. The van der Waals surface area contributed by atoms with Gasteiger partial charge in [-0.15, -0.1) is 0 Å². The summed E-state index contributed by atoms with van der Waals surface area (Å²) in [4.78, 5) is 16.1. The first-order chi connectivity index (χ1) is 9.28. The SMILES string of the molecule is CCOc1ccc2[nH]c(-c3ncccc3N)nc2n1. The van der Waals surface area contributed by atoms with Gasteiger partial charge in [0.15, 0.2) is 11.5 Å². The monoisotopic (exact) mass is 255 g/mol. The molecular weight excluding hydrogens is 242 g/mol. The van der Waals surface area contributed by atoms with E-state index in [0.717, 1.165) is 5.52 Å². The minimum Gasteiger partial charge on any atom is -0.478 e. The number of rotatable bonds is 3. The molecule has 96 valence electrons. The molecule has 0 fully saturated rings. The normalized spacial score (nSPS) is 10.8. The Kier molecular flexibility index (Phi) is 2.75. The Morgan fingerprint density at radius 2 is 2.16 bits per heavy atom. The molecule has 3 aromatic rings. The van der Waals surface area contributed by atoms with E-state index < -0.39 is 0 Å². The van der Waals surface area contributed by atoms with Gasteiger partial charge in [0.2, 0.25) is 5.88 Å². The maximum Gasteiger partial charge on any atom is 0.215 e. The second-order valence-electron chi connectivity index (χ2n) is 3.98. The number of hydrogen-bond acceptors (Lipinski definition) is 5. The van der Waals surface area contributed by atoms with Gasteiger partial charge < -0.3 is 15.5 Å². The lowest BCUT2D eigenvalue weighted by Crippen LogP contribution is -1.94. The summed E-state index contributed by atoms with van der Waals surface area (Å²) < 4.78 is 5.35. The number of H-pyrrole nitrogens is 1. The van der Waals surface area contributed by atoms with Gasteiger partial charge in [0.05, 0.1) is 17.8 Å². The third kappa shape index (κ3) is 2.08. The number of nitrogens with two attached hydrogens (primary N) is 1. The van der Waals surface area contributed by atoms with Crippen LogP contribution in [0.15, 0.2) is 30.5 Å². The van der Waals surface area contributed by atoms with Gasteiger partial charge in [0, 0.05) is 12.3 Å². The van der Waals surface area contributed by atoms with Crippen molar-refractivity contribution in [3.63, 3.8) is 0 Å². The highest BCUT2D eigenvalue weighted by Gasteiger charge is 2.10. The highest BCUT2D eigenvalue weighted by molar-refractivity contribution is 5.78. The number of nitrogen functional groups attached to an aromatic ring is 1. The Hall–Kier alpha value is -2.63. The number of nitrogens with zero attached hydrogens (tertiary/aromatic N) is 3. The van der Waals surface area contributed by atoms with Gasteiger partial charge in [0.25, 0.3) is 0 Å². The van der Waals surface area contributed by atoms with Crippen LogP contribution in [0, 0.1) is 0 Å². The maximum absolute atomic E-state index is 5.88. The fraction of sp³-hybridized carbons (Fsp3) is 0.154. The van der Waals surface area contributed by atoms with E-state index in [1.807, 2.05) is 13.0 Å². The summed E-state index contributed by atoms with van der Waals surface area (Å²) in [6.07, 6.45) is 1.68. The van der Waals surface area contributed by atoms with Crippen molar-refractivity contribution in [3.05, 3.63) is 30.5 Å². The molecule has 0 aliphatic heterocycles. The Balaban J connectivity index is 2.09. The van der Waals surface area contributed by atoms with Gasteiger partial charge in [-0.25, -0.2) is 4.98 Å². The minimum atomic E-state index is 0.557. The van der Waals surface area contributed by atoms with Crippen LogP contribution in [-0.4, -0.2) is 26.5 Å². The molecule has 0 atom stereocenters. The molecule has 0 aliphatic carbocycles. The van der Waals surface area contributed by atoms with Gasteiger partial charge in [0.1, 0.15) is 5.69 Å². The lowest BCUT2D eigenvalue weighted by atomic mass is 10.3. The highest BCUT2D eigenvalue weighted by Crippen LogP contribution is 2.23. The Bertz CT molecular complexity index is 722. The molecule has 3 heterocycles. The van der Waals surface area contributed by atoms with E-state index >= 15 is 0 Å². The Morgan fingerprint density at radius 3 is 2.95 bits per heavy atom. The smallest absolute Gasteiger partial charge is 0.215 e. The van der Waals surface area contributed by atoms with Crippen molar-refractivity contribution in [1.82, 2.24) is 19.9 Å². The molecule has 19 heavy (non-hydrogen) atoms. The molecule has 3 rings (SSSR count). The fourth-order valence-electron chi connectivity index (χ4n) is 1.83. The lowest BCUT2D eigenvalue weighted by Gasteiger charge is -1.99. The maximum atomic E-state index is 5.88. The number of aromatic amines is 1. The van der Waals surface area contributed by atoms with Gasteiger partial charge in [-0.3, -0.25) is 4.98 Å². The summed E-state index contributed by atoms with van der Waals surface area (Å²) in [5.41, 5.74) is 8.50. The number of nitrogens with one attached hydrogen (secondary N) is 1. The van der Waals surface area contributed by atoms with E-state index in [1.165, 1.54) is 0 Å². The van der Waals surface area contributed by atoms with Crippen molar-refractivity contribution in [1.29, 1.82) is 0 Å². The number of fused-ring (bicyclic) bond motifs is 1. The van der Waals surface area contributed by atoms with Crippen molar-refractivity contribution >= 4 is 16.9 Å². The van der Waals surface area contributed by atoms with Crippen molar-refractivity contribution < 1.29 is 4.74 Å². The molecule has 6 nitrogen and oxygen atoms in total. The number of aromatic nitrogens is 4. The first kappa shape index (κ1) is 11.5. The summed E-state index contributed by atoms with van der Waals surface area (Å²) in [5.74, 6) is 1.16. The molecule has 0 radical (unpaired) electrons. The number of anilines is 1. The molecule has 0 amide bonds. The molecule has 6 heteroatoms. The molecule has 0 bridgehead atoms. The molecule has 0 saturated carbocycles. The van der Waals surface area contributed by atoms with Crippen LogP contribution in [0.2, 0.25) is 0 Å². The van der Waals surface area contributed by atoms with E-state index in [9.17, 15) is 0 Å². The van der Waals surface area contributed by atoms with Crippen LogP contribution in [0.1, 0.15) is 6.92 Å². The van der Waals surface area contributed by atoms with E-state index in [4.69, 9.17) is 10.5 Å². The zero-order valence-electron chi connectivity index (χ0n) is 10.4. The van der Waals surface area contributed by atoms with Crippen LogP contribution in [0.5, 0.6) is 5.88 Å². The topological polar surface area (TPSA) is 89.7 Å². The second-order valence-corrected chi connectivity index (χ2v) is 3.98. The third-order valence-corrected chi connectivity index (χ3v) is 2.68. The molecule has 0 spiro atoms. The summed E-state index contributed by atoms with van der Waals surface area (Å²) in [7, 11) is 0. The van der Waals surface area contributed by atoms with Crippen LogP contribution in [0.4, 0.5) is 5.69 Å². The van der Waals surface area contributed by atoms with Gasteiger partial charge in [-0.05, 0) is 25.1 Å². The van der Waals surface area contributed by atoms with Crippen LogP contribution in [0.3, 0.4) is 0 Å². The zero-order chi connectivity index (χ0) is 13.2. The van der Waals surface area contributed by atoms with Crippen molar-refractivity contribution in [2.45, 2.75) is 6.92 Å².